The van der Waals surface area contributed by atoms with E-state index in [0.29, 0.717) is 23.5 Å². The Kier molecular flexibility index (Phi) is 6.27. The lowest BCUT2D eigenvalue weighted by Gasteiger charge is -2.09. The number of carbonyl (C=O) groups excluding carboxylic acids is 2. The number of nitrogens with one attached hydrogen (secondary N) is 2. The minimum atomic E-state index is -0.585. The SMILES string of the molecule is COCCOC(=O)Nc1cccc(NC(=O)c2ccc(C)nc2)c1. The van der Waals surface area contributed by atoms with Crippen LogP contribution >= 0.6 is 0 Å². The van der Waals surface area contributed by atoms with E-state index in [1.165, 1.54) is 13.3 Å². The molecule has 0 aliphatic heterocycles. The van der Waals surface area contributed by atoms with Crippen LogP contribution in [0.1, 0.15) is 16.1 Å². The zero-order chi connectivity index (χ0) is 17.4. The number of rotatable bonds is 6. The van der Waals surface area contributed by atoms with Crippen molar-refractivity contribution in [1.29, 1.82) is 0 Å². The number of ether oxygens (including phenoxy) is 2. The van der Waals surface area contributed by atoms with Crippen LogP contribution in [0.3, 0.4) is 0 Å². The molecule has 2 N–H and O–H groups in total. The number of carbonyl (C=O) groups is 2. The van der Waals surface area contributed by atoms with Gasteiger partial charge in [-0.2, -0.15) is 0 Å². The van der Waals surface area contributed by atoms with Crippen LogP contribution in [0.15, 0.2) is 42.6 Å². The Hall–Kier alpha value is -2.93. The highest BCUT2D eigenvalue weighted by Gasteiger charge is 2.08. The molecule has 2 aromatic rings. The Bertz CT molecular complexity index is 701. The summed E-state index contributed by atoms with van der Waals surface area (Å²) in [6.07, 6.45) is 0.929. The van der Waals surface area contributed by atoms with E-state index in [4.69, 9.17) is 9.47 Å². The van der Waals surface area contributed by atoms with Crippen LogP contribution in [0.4, 0.5) is 16.2 Å². The number of nitrogens with zero attached hydrogens (tertiary/aromatic N) is 1. The molecule has 2 amide bonds. The Morgan fingerprint density at radius 2 is 1.83 bits per heavy atom. The van der Waals surface area contributed by atoms with Crippen molar-refractivity contribution in [3.8, 4) is 0 Å². The highest BCUT2D eigenvalue weighted by molar-refractivity contribution is 6.04. The number of aryl methyl sites for hydroxylation is 1. The average Bonchev–Trinajstić information content (AvgIpc) is 2.56. The van der Waals surface area contributed by atoms with Crippen molar-refractivity contribution in [1.82, 2.24) is 4.98 Å². The summed E-state index contributed by atoms with van der Waals surface area (Å²) in [6, 6.07) is 10.2. The standard InChI is InChI=1S/C17H19N3O4/c1-12-6-7-13(11-18-12)16(21)19-14-4-3-5-15(10-14)20-17(22)24-9-8-23-2/h3-7,10-11H,8-9H2,1-2H3,(H,19,21)(H,20,22). The first-order chi connectivity index (χ1) is 11.6. The largest absolute Gasteiger partial charge is 0.447 e. The highest BCUT2D eigenvalue weighted by atomic mass is 16.6. The molecule has 2 rings (SSSR count). The normalized spacial score (nSPS) is 10.1. The molecular formula is C17H19N3O4. The Morgan fingerprint density at radius 3 is 2.50 bits per heavy atom. The summed E-state index contributed by atoms with van der Waals surface area (Å²) in [7, 11) is 1.52. The molecule has 0 saturated heterocycles. The second kappa shape index (κ2) is 8.64. The molecule has 7 heteroatoms. The summed E-state index contributed by atoms with van der Waals surface area (Å²) in [5, 5.41) is 5.33. The Morgan fingerprint density at radius 1 is 1.08 bits per heavy atom. The number of anilines is 2. The number of amides is 2. The van der Waals surface area contributed by atoms with Gasteiger partial charge in [0, 0.05) is 30.4 Å². The molecule has 0 fully saturated rings. The molecule has 0 bridgehead atoms. The summed E-state index contributed by atoms with van der Waals surface area (Å²) in [6.45, 7) is 2.34. The summed E-state index contributed by atoms with van der Waals surface area (Å²) in [4.78, 5) is 27.8. The first-order valence-electron chi connectivity index (χ1n) is 7.35. The monoisotopic (exact) mass is 329 g/mol. The van der Waals surface area contributed by atoms with Gasteiger partial charge in [0.25, 0.3) is 5.91 Å². The van der Waals surface area contributed by atoms with Crippen molar-refractivity contribution < 1.29 is 19.1 Å². The molecule has 0 radical (unpaired) electrons. The summed E-state index contributed by atoms with van der Waals surface area (Å²) in [5.74, 6) is -0.276. The van der Waals surface area contributed by atoms with Crippen molar-refractivity contribution in [3.63, 3.8) is 0 Å². The molecule has 0 atom stereocenters. The predicted octanol–water partition coefficient (Wildman–Crippen LogP) is 2.84. The maximum absolute atomic E-state index is 12.2. The van der Waals surface area contributed by atoms with Crippen LogP contribution in [0.2, 0.25) is 0 Å². The fourth-order valence-electron chi connectivity index (χ4n) is 1.85. The average molecular weight is 329 g/mol. The predicted molar refractivity (Wildman–Crippen MR) is 90.2 cm³/mol. The first-order valence-corrected chi connectivity index (χ1v) is 7.35. The van der Waals surface area contributed by atoms with Crippen LogP contribution in [0.5, 0.6) is 0 Å². The molecule has 1 heterocycles. The molecular weight excluding hydrogens is 310 g/mol. The molecule has 1 aromatic carbocycles. The number of hydrogen-bond acceptors (Lipinski definition) is 5. The van der Waals surface area contributed by atoms with Gasteiger partial charge in [-0.05, 0) is 37.3 Å². The summed E-state index contributed by atoms with van der Waals surface area (Å²) in [5.41, 5.74) is 2.36. The van der Waals surface area contributed by atoms with E-state index < -0.39 is 6.09 Å². The second-order valence-electron chi connectivity index (χ2n) is 4.98. The molecule has 0 aliphatic carbocycles. The van der Waals surface area contributed by atoms with Gasteiger partial charge in [-0.1, -0.05) is 6.07 Å². The van der Waals surface area contributed by atoms with Gasteiger partial charge in [-0.3, -0.25) is 15.1 Å². The van der Waals surface area contributed by atoms with Crippen molar-refractivity contribution >= 4 is 23.4 Å². The van der Waals surface area contributed by atoms with E-state index in [1.54, 1.807) is 36.4 Å². The number of methoxy groups -OCH3 is 1. The van der Waals surface area contributed by atoms with Gasteiger partial charge in [0.1, 0.15) is 6.61 Å². The number of hydrogen-bond donors (Lipinski definition) is 2. The van der Waals surface area contributed by atoms with Gasteiger partial charge >= 0.3 is 6.09 Å². The van der Waals surface area contributed by atoms with E-state index in [1.807, 2.05) is 6.92 Å². The molecule has 0 saturated carbocycles. The maximum Gasteiger partial charge on any atom is 0.411 e. The smallest absolute Gasteiger partial charge is 0.411 e. The number of benzene rings is 1. The fraction of sp³-hybridized carbons (Fsp3) is 0.235. The highest BCUT2D eigenvalue weighted by Crippen LogP contribution is 2.16. The molecule has 126 valence electrons. The van der Waals surface area contributed by atoms with Crippen molar-refractivity contribution in [2.24, 2.45) is 0 Å². The molecule has 0 unspecified atom stereocenters. The zero-order valence-corrected chi connectivity index (χ0v) is 13.5. The van der Waals surface area contributed by atoms with Crippen LogP contribution < -0.4 is 10.6 Å². The van der Waals surface area contributed by atoms with Gasteiger partial charge in [-0.25, -0.2) is 4.79 Å². The van der Waals surface area contributed by atoms with E-state index in [-0.39, 0.29) is 12.5 Å². The Balaban J connectivity index is 1.95. The van der Waals surface area contributed by atoms with Crippen LogP contribution in [-0.2, 0) is 9.47 Å². The van der Waals surface area contributed by atoms with Gasteiger partial charge in [0.15, 0.2) is 0 Å². The van der Waals surface area contributed by atoms with E-state index in [0.717, 1.165) is 5.69 Å². The number of pyridine rings is 1. The van der Waals surface area contributed by atoms with Crippen LogP contribution in [-0.4, -0.2) is 37.3 Å². The van der Waals surface area contributed by atoms with Crippen LogP contribution in [0.25, 0.3) is 0 Å². The van der Waals surface area contributed by atoms with Crippen LogP contribution in [0, 0.1) is 6.92 Å². The van der Waals surface area contributed by atoms with E-state index >= 15 is 0 Å². The van der Waals surface area contributed by atoms with Crippen molar-refractivity contribution in [2.45, 2.75) is 6.92 Å². The van der Waals surface area contributed by atoms with Gasteiger partial charge in [0.05, 0.1) is 12.2 Å². The van der Waals surface area contributed by atoms with E-state index in [9.17, 15) is 9.59 Å². The van der Waals surface area contributed by atoms with Crippen molar-refractivity contribution in [3.05, 3.63) is 53.9 Å². The van der Waals surface area contributed by atoms with Crippen molar-refractivity contribution in [2.75, 3.05) is 31.0 Å². The third kappa shape index (κ3) is 5.36. The Labute approximate surface area is 140 Å². The number of aromatic nitrogens is 1. The zero-order valence-electron chi connectivity index (χ0n) is 13.5. The van der Waals surface area contributed by atoms with Gasteiger partial charge < -0.3 is 14.8 Å². The van der Waals surface area contributed by atoms with Gasteiger partial charge in [-0.15, -0.1) is 0 Å². The lowest BCUT2D eigenvalue weighted by Crippen LogP contribution is -2.17. The molecule has 24 heavy (non-hydrogen) atoms. The lowest BCUT2D eigenvalue weighted by atomic mass is 10.2. The summed E-state index contributed by atoms with van der Waals surface area (Å²) < 4.78 is 9.71. The quantitative estimate of drug-likeness (QED) is 0.796. The van der Waals surface area contributed by atoms with Gasteiger partial charge in [0.2, 0.25) is 0 Å². The summed E-state index contributed by atoms with van der Waals surface area (Å²) >= 11 is 0. The topological polar surface area (TPSA) is 89.5 Å². The van der Waals surface area contributed by atoms with E-state index in [2.05, 4.69) is 15.6 Å². The molecule has 0 spiro atoms. The third-order valence-electron chi connectivity index (χ3n) is 3.06. The third-order valence-corrected chi connectivity index (χ3v) is 3.06. The second-order valence-corrected chi connectivity index (χ2v) is 4.98. The minimum absolute atomic E-state index is 0.166. The molecule has 7 nitrogen and oxygen atoms in total. The molecule has 0 aliphatic rings. The minimum Gasteiger partial charge on any atom is -0.447 e. The lowest BCUT2D eigenvalue weighted by molar-refractivity contribution is 0.102. The fourth-order valence-corrected chi connectivity index (χ4v) is 1.85. The molecule has 1 aromatic heterocycles. The maximum atomic E-state index is 12.2. The first kappa shape index (κ1) is 17.4.